The highest BCUT2D eigenvalue weighted by molar-refractivity contribution is 7.80. The van der Waals surface area contributed by atoms with Crippen LogP contribution in [0.3, 0.4) is 0 Å². The highest BCUT2D eigenvalue weighted by Gasteiger charge is 2.36. The van der Waals surface area contributed by atoms with Gasteiger partial charge in [-0.05, 0) is 64.2 Å². The van der Waals surface area contributed by atoms with Crippen LogP contribution in [0.15, 0.2) is 0 Å². The van der Waals surface area contributed by atoms with Crippen LogP contribution in [0.5, 0.6) is 0 Å². The molecule has 1 fully saturated rings. The normalized spacial score (nSPS) is 19.1. The summed E-state index contributed by atoms with van der Waals surface area (Å²) in [5, 5.41) is 0. The Bertz CT molecular complexity index is 185. The first-order valence-corrected chi connectivity index (χ1v) is 7.23. The molecule has 2 nitrogen and oxygen atoms in total. The summed E-state index contributed by atoms with van der Waals surface area (Å²) < 4.78 is 0. The second-order valence-corrected chi connectivity index (χ2v) is 5.85. The van der Waals surface area contributed by atoms with E-state index in [1.54, 1.807) is 0 Å². The fourth-order valence-electron chi connectivity index (χ4n) is 2.48. The first kappa shape index (κ1) is 14.3. The van der Waals surface area contributed by atoms with Crippen LogP contribution in [0.4, 0.5) is 0 Å². The molecule has 1 rings (SSSR count). The molecule has 1 saturated carbocycles. The summed E-state index contributed by atoms with van der Waals surface area (Å²) in [6, 6.07) is 0. The quantitative estimate of drug-likeness (QED) is 0.655. The lowest BCUT2D eigenvalue weighted by atomic mass is 9.70. The predicted octanol–water partition coefficient (Wildman–Crippen LogP) is 2.36. The summed E-state index contributed by atoms with van der Waals surface area (Å²) in [6.07, 6.45) is 5.47. The van der Waals surface area contributed by atoms with Crippen molar-refractivity contribution in [3.63, 3.8) is 0 Å². The molecule has 1 aliphatic carbocycles. The SMILES string of the molecule is CCN(CCCN(C)C)CC1(CS)CCC1. The van der Waals surface area contributed by atoms with E-state index in [9.17, 15) is 0 Å². The zero-order valence-corrected chi connectivity index (χ0v) is 12.1. The zero-order valence-electron chi connectivity index (χ0n) is 11.2. The third-order valence-corrected chi connectivity index (χ3v) is 4.51. The number of hydrogen-bond acceptors (Lipinski definition) is 3. The highest BCUT2D eigenvalue weighted by atomic mass is 32.1. The largest absolute Gasteiger partial charge is 0.309 e. The van der Waals surface area contributed by atoms with Crippen molar-refractivity contribution >= 4 is 12.6 Å². The maximum absolute atomic E-state index is 4.53. The highest BCUT2D eigenvalue weighted by Crippen LogP contribution is 2.42. The van der Waals surface area contributed by atoms with Gasteiger partial charge in [-0.3, -0.25) is 0 Å². The second kappa shape index (κ2) is 6.87. The van der Waals surface area contributed by atoms with Crippen LogP contribution in [-0.2, 0) is 0 Å². The molecule has 0 aromatic heterocycles. The smallest absolute Gasteiger partial charge is 0.00457 e. The molecule has 3 heteroatoms. The summed E-state index contributed by atoms with van der Waals surface area (Å²) in [4.78, 5) is 4.88. The molecule has 96 valence electrons. The molecule has 0 atom stereocenters. The van der Waals surface area contributed by atoms with Crippen molar-refractivity contribution in [3.05, 3.63) is 0 Å². The van der Waals surface area contributed by atoms with Crippen molar-refractivity contribution in [2.75, 3.05) is 46.0 Å². The van der Waals surface area contributed by atoms with Crippen molar-refractivity contribution in [3.8, 4) is 0 Å². The van der Waals surface area contributed by atoms with E-state index in [4.69, 9.17) is 0 Å². The van der Waals surface area contributed by atoms with E-state index in [-0.39, 0.29) is 0 Å². The molecule has 0 aromatic rings. The second-order valence-electron chi connectivity index (χ2n) is 5.54. The molecule has 0 amide bonds. The number of rotatable bonds is 8. The number of nitrogens with zero attached hydrogens (tertiary/aromatic N) is 2. The summed E-state index contributed by atoms with van der Waals surface area (Å²) in [6.45, 7) is 7.17. The maximum atomic E-state index is 4.53. The molecule has 0 heterocycles. The lowest BCUT2D eigenvalue weighted by Crippen LogP contribution is -2.44. The average Bonchev–Trinajstić information content (AvgIpc) is 2.20. The van der Waals surface area contributed by atoms with Crippen LogP contribution in [0.25, 0.3) is 0 Å². The van der Waals surface area contributed by atoms with E-state index in [0.717, 1.165) is 5.75 Å². The third kappa shape index (κ3) is 4.27. The summed E-state index contributed by atoms with van der Waals surface area (Å²) >= 11 is 4.53. The first-order valence-electron chi connectivity index (χ1n) is 6.60. The van der Waals surface area contributed by atoms with E-state index in [1.807, 2.05) is 0 Å². The van der Waals surface area contributed by atoms with Crippen molar-refractivity contribution in [2.45, 2.75) is 32.6 Å². The van der Waals surface area contributed by atoms with Gasteiger partial charge in [0.15, 0.2) is 0 Å². The van der Waals surface area contributed by atoms with Crippen molar-refractivity contribution in [2.24, 2.45) is 5.41 Å². The van der Waals surface area contributed by atoms with Gasteiger partial charge in [0.25, 0.3) is 0 Å². The lowest BCUT2D eigenvalue weighted by molar-refractivity contribution is 0.0913. The Morgan fingerprint density at radius 3 is 2.25 bits per heavy atom. The molecular weight excluding hydrogens is 216 g/mol. The van der Waals surface area contributed by atoms with Gasteiger partial charge >= 0.3 is 0 Å². The van der Waals surface area contributed by atoms with Crippen LogP contribution in [0.2, 0.25) is 0 Å². The summed E-state index contributed by atoms with van der Waals surface area (Å²) in [7, 11) is 4.30. The molecule has 0 saturated heterocycles. The minimum Gasteiger partial charge on any atom is -0.309 e. The van der Waals surface area contributed by atoms with E-state index in [0.29, 0.717) is 5.41 Å². The molecule has 0 radical (unpaired) electrons. The van der Waals surface area contributed by atoms with Gasteiger partial charge in [-0.15, -0.1) is 0 Å². The Balaban J connectivity index is 2.25. The van der Waals surface area contributed by atoms with Crippen LogP contribution < -0.4 is 0 Å². The molecule has 0 unspecified atom stereocenters. The minimum absolute atomic E-state index is 0.553. The van der Waals surface area contributed by atoms with Crippen LogP contribution in [-0.4, -0.2) is 55.8 Å². The summed E-state index contributed by atoms with van der Waals surface area (Å²) in [5.74, 6) is 1.07. The van der Waals surface area contributed by atoms with E-state index in [1.165, 1.54) is 51.9 Å². The molecule has 0 N–H and O–H groups in total. The molecule has 0 spiro atoms. The van der Waals surface area contributed by atoms with Crippen LogP contribution in [0.1, 0.15) is 32.6 Å². The van der Waals surface area contributed by atoms with Gasteiger partial charge in [-0.1, -0.05) is 13.3 Å². The Hall–Kier alpha value is 0.270. The van der Waals surface area contributed by atoms with Crippen molar-refractivity contribution < 1.29 is 0 Å². The third-order valence-electron chi connectivity index (χ3n) is 3.84. The molecule has 16 heavy (non-hydrogen) atoms. The molecule has 0 aromatic carbocycles. The maximum Gasteiger partial charge on any atom is 0.00457 e. The number of hydrogen-bond donors (Lipinski definition) is 1. The fraction of sp³-hybridized carbons (Fsp3) is 1.00. The Morgan fingerprint density at radius 1 is 1.19 bits per heavy atom. The zero-order chi connectivity index (χ0) is 12.0. The average molecular weight is 244 g/mol. The number of thiol groups is 1. The monoisotopic (exact) mass is 244 g/mol. The van der Waals surface area contributed by atoms with E-state index < -0.39 is 0 Å². The van der Waals surface area contributed by atoms with Gasteiger partial charge in [0.2, 0.25) is 0 Å². The fourth-order valence-corrected chi connectivity index (χ4v) is 2.89. The van der Waals surface area contributed by atoms with Gasteiger partial charge in [0.1, 0.15) is 0 Å². The Kier molecular flexibility index (Phi) is 6.16. The van der Waals surface area contributed by atoms with Crippen molar-refractivity contribution in [1.29, 1.82) is 0 Å². The Labute approximate surface area is 107 Å². The van der Waals surface area contributed by atoms with E-state index in [2.05, 4.69) is 43.4 Å². The topological polar surface area (TPSA) is 6.48 Å². The van der Waals surface area contributed by atoms with Gasteiger partial charge in [-0.2, -0.15) is 12.6 Å². The molecule has 0 aliphatic heterocycles. The minimum atomic E-state index is 0.553. The van der Waals surface area contributed by atoms with Crippen LogP contribution in [0, 0.1) is 5.41 Å². The van der Waals surface area contributed by atoms with Gasteiger partial charge in [0.05, 0.1) is 0 Å². The van der Waals surface area contributed by atoms with Gasteiger partial charge < -0.3 is 9.80 Å². The lowest BCUT2D eigenvalue weighted by Gasteiger charge is -2.44. The van der Waals surface area contributed by atoms with Gasteiger partial charge in [-0.25, -0.2) is 0 Å². The van der Waals surface area contributed by atoms with Crippen LogP contribution >= 0.6 is 12.6 Å². The summed E-state index contributed by atoms with van der Waals surface area (Å²) in [5.41, 5.74) is 0.553. The molecular formula is C13H28N2S. The Morgan fingerprint density at radius 2 is 1.88 bits per heavy atom. The van der Waals surface area contributed by atoms with Crippen molar-refractivity contribution in [1.82, 2.24) is 9.80 Å². The van der Waals surface area contributed by atoms with Gasteiger partial charge in [0, 0.05) is 6.54 Å². The van der Waals surface area contributed by atoms with E-state index >= 15 is 0 Å². The molecule has 1 aliphatic rings. The predicted molar refractivity (Wildman–Crippen MR) is 75.4 cm³/mol. The molecule has 0 bridgehead atoms. The first-order chi connectivity index (χ1) is 7.62. The standard InChI is InChI=1S/C13H28N2S/c1-4-15(10-6-9-14(2)3)11-13(12-16)7-5-8-13/h16H,4-12H2,1-3H3.